The van der Waals surface area contributed by atoms with Gasteiger partial charge in [-0.25, -0.2) is 0 Å². The van der Waals surface area contributed by atoms with E-state index in [2.05, 4.69) is 55.4 Å². The number of unbranched alkanes of at least 4 members (excludes halogenated alkanes) is 3. The van der Waals surface area contributed by atoms with Crippen LogP contribution in [-0.2, 0) is 6.54 Å². The molecule has 0 aliphatic carbocycles. The van der Waals surface area contributed by atoms with Gasteiger partial charge in [0, 0.05) is 28.5 Å². The van der Waals surface area contributed by atoms with Crippen LogP contribution in [0.3, 0.4) is 0 Å². The average Bonchev–Trinajstić information content (AvgIpc) is 2.87. The normalized spacial score (nSPS) is 11.9. The van der Waals surface area contributed by atoms with Gasteiger partial charge in [0.1, 0.15) is 0 Å². The van der Waals surface area contributed by atoms with Crippen molar-refractivity contribution >= 4 is 23.1 Å². The molecule has 0 saturated carbocycles. The molecule has 0 atom stereocenters. The minimum Gasteiger partial charge on any atom is -0.311 e. The van der Waals surface area contributed by atoms with E-state index in [9.17, 15) is 0 Å². The summed E-state index contributed by atoms with van der Waals surface area (Å²) in [6, 6.07) is 4.32. The fourth-order valence-electron chi connectivity index (χ4n) is 2.07. The van der Waals surface area contributed by atoms with Crippen LogP contribution >= 0.6 is 23.1 Å². The monoisotopic (exact) mass is 299 g/mol. The molecule has 0 saturated heterocycles. The maximum atomic E-state index is 3.53. The molecule has 0 fully saturated rings. The molecule has 0 radical (unpaired) electrons. The van der Waals surface area contributed by atoms with Crippen molar-refractivity contribution in [2.24, 2.45) is 0 Å². The van der Waals surface area contributed by atoms with Gasteiger partial charge in [0.15, 0.2) is 0 Å². The summed E-state index contributed by atoms with van der Waals surface area (Å²) in [7, 11) is 0. The lowest BCUT2D eigenvalue weighted by molar-refractivity contribution is 0.558. The van der Waals surface area contributed by atoms with Crippen LogP contribution < -0.4 is 5.32 Å². The van der Waals surface area contributed by atoms with Gasteiger partial charge >= 0.3 is 0 Å². The van der Waals surface area contributed by atoms with Crippen molar-refractivity contribution in [3.63, 3.8) is 0 Å². The van der Waals surface area contributed by atoms with E-state index in [1.165, 1.54) is 42.7 Å². The second-order valence-corrected chi connectivity index (χ2v) is 8.51. The minimum absolute atomic E-state index is 0.443. The Balaban J connectivity index is 2.00. The third kappa shape index (κ3) is 8.72. The lowest BCUT2D eigenvalue weighted by Crippen LogP contribution is -2.21. The molecule has 1 nitrogen and oxygen atoms in total. The summed E-state index contributed by atoms with van der Waals surface area (Å²) < 4.78 is 0.443. The predicted octanol–water partition coefficient (Wildman–Crippen LogP) is 5.32. The first-order chi connectivity index (χ1) is 9.14. The Morgan fingerprint density at radius 2 is 2.11 bits per heavy atom. The van der Waals surface area contributed by atoms with E-state index < -0.39 is 0 Å². The fraction of sp³-hybridized carbons (Fsp3) is 0.750. The highest BCUT2D eigenvalue weighted by Crippen LogP contribution is 2.29. The van der Waals surface area contributed by atoms with Gasteiger partial charge in [0.05, 0.1) is 0 Å². The number of rotatable bonds is 11. The zero-order valence-corrected chi connectivity index (χ0v) is 14.3. The standard InChI is InChI=1S/C16H29NS2/c1-4-5-6-7-10-16(2,3)19-13-11-17-14-15-9-8-12-18-15/h8-9,12,17H,4-7,10-11,13-14H2,1-3H3. The second-order valence-electron chi connectivity index (χ2n) is 5.67. The number of thiophene rings is 1. The molecule has 0 aliphatic rings. The van der Waals surface area contributed by atoms with Crippen LogP contribution in [0.1, 0.15) is 57.8 Å². The molecule has 1 N–H and O–H groups in total. The van der Waals surface area contributed by atoms with Gasteiger partial charge in [-0.05, 0) is 17.9 Å². The van der Waals surface area contributed by atoms with Crippen LogP contribution in [0.25, 0.3) is 0 Å². The van der Waals surface area contributed by atoms with E-state index in [-0.39, 0.29) is 0 Å². The first kappa shape index (κ1) is 17.1. The Hall–Kier alpha value is 0.01000. The molecule has 1 rings (SSSR count). The summed E-state index contributed by atoms with van der Waals surface area (Å²) in [5, 5.41) is 5.67. The molecule has 0 unspecified atom stereocenters. The van der Waals surface area contributed by atoms with Crippen molar-refractivity contribution in [2.45, 2.75) is 64.2 Å². The van der Waals surface area contributed by atoms with E-state index in [0.717, 1.165) is 13.1 Å². The Labute approximate surface area is 127 Å². The van der Waals surface area contributed by atoms with Crippen LogP contribution in [0.5, 0.6) is 0 Å². The highest BCUT2D eigenvalue weighted by molar-refractivity contribution is 8.00. The van der Waals surface area contributed by atoms with E-state index in [1.54, 1.807) is 0 Å². The van der Waals surface area contributed by atoms with Crippen LogP contribution in [0, 0.1) is 0 Å². The number of thioether (sulfide) groups is 1. The maximum Gasteiger partial charge on any atom is 0.0300 e. The first-order valence-corrected chi connectivity index (χ1v) is 9.37. The van der Waals surface area contributed by atoms with Gasteiger partial charge in [-0.2, -0.15) is 11.8 Å². The SMILES string of the molecule is CCCCCCC(C)(C)SCCNCc1cccs1. The van der Waals surface area contributed by atoms with Crippen LogP contribution in [0.15, 0.2) is 17.5 Å². The van der Waals surface area contributed by atoms with Gasteiger partial charge < -0.3 is 5.32 Å². The molecule has 0 spiro atoms. The zero-order chi connectivity index (χ0) is 14.0. The van der Waals surface area contributed by atoms with Gasteiger partial charge in [-0.15, -0.1) is 11.3 Å². The highest BCUT2D eigenvalue weighted by atomic mass is 32.2. The van der Waals surface area contributed by atoms with E-state index in [4.69, 9.17) is 0 Å². The van der Waals surface area contributed by atoms with Gasteiger partial charge in [-0.3, -0.25) is 0 Å². The Morgan fingerprint density at radius 1 is 1.26 bits per heavy atom. The summed E-state index contributed by atoms with van der Waals surface area (Å²) >= 11 is 3.95. The van der Waals surface area contributed by atoms with Crippen LogP contribution in [0.2, 0.25) is 0 Å². The quantitative estimate of drug-likeness (QED) is 0.555. The van der Waals surface area contributed by atoms with E-state index >= 15 is 0 Å². The molecule has 1 aromatic rings. The molecule has 3 heteroatoms. The van der Waals surface area contributed by atoms with E-state index in [1.807, 2.05) is 11.3 Å². The van der Waals surface area contributed by atoms with Gasteiger partial charge in [-0.1, -0.05) is 52.5 Å². The van der Waals surface area contributed by atoms with Gasteiger partial charge in [0.25, 0.3) is 0 Å². The molecule has 0 amide bonds. The largest absolute Gasteiger partial charge is 0.311 e. The zero-order valence-electron chi connectivity index (χ0n) is 12.7. The molecular weight excluding hydrogens is 270 g/mol. The molecule has 1 heterocycles. The molecule has 110 valence electrons. The third-order valence-corrected chi connectivity index (χ3v) is 5.55. The topological polar surface area (TPSA) is 12.0 Å². The Kier molecular flexibility index (Phi) is 8.84. The summed E-state index contributed by atoms with van der Waals surface area (Å²) in [5.74, 6) is 1.21. The van der Waals surface area contributed by atoms with Crippen molar-refractivity contribution in [3.05, 3.63) is 22.4 Å². The van der Waals surface area contributed by atoms with Crippen molar-refractivity contribution in [3.8, 4) is 0 Å². The average molecular weight is 300 g/mol. The Morgan fingerprint density at radius 3 is 2.79 bits per heavy atom. The lowest BCUT2D eigenvalue weighted by atomic mass is 10.0. The Bertz CT molecular complexity index is 307. The summed E-state index contributed by atoms with van der Waals surface area (Å²) in [4.78, 5) is 1.43. The summed E-state index contributed by atoms with van der Waals surface area (Å²) in [6.07, 6.45) is 6.86. The summed E-state index contributed by atoms with van der Waals surface area (Å²) in [5.41, 5.74) is 0. The number of hydrogen-bond acceptors (Lipinski definition) is 3. The van der Waals surface area contributed by atoms with Crippen molar-refractivity contribution in [2.75, 3.05) is 12.3 Å². The smallest absolute Gasteiger partial charge is 0.0300 e. The van der Waals surface area contributed by atoms with Crippen LogP contribution in [-0.4, -0.2) is 17.0 Å². The fourth-order valence-corrected chi connectivity index (χ4v) is 3.84. The number of nitrogens with one attached hydrogen (secondary N) is 1. The second kappa shape index (κ2) is 9.84. The molecule has 0 aliphatic heterocycles. The maximum absolute atomic E-state index is 3.53. The molecule has 0 aromatic carbocycles. The highest BCUT2D eigenvalue weighted by Gasteiger charge is 2.17. The molecule has 0 bridgehead atoms. The minimum atomic E-state index is 0.443. The van der Waals surface area contributed by atoms with Crippen LogP contribution in [0.4, 0.5) is 0 Å². The summed E-state index contributed by atoms with van der Waals surface area (Å²) in [6.45, 7) is 9.20. The number of hydrogen-bond donors (Lipinski definition) is 1. The predicted molar refractivity (Wildman–Crippen MR) is 91.3 cm³/mol. The van der Waals surface area contributed by atoms with Crippen molar-refractivity contribution in [1.82, 2.24) is 5.32 Å². The third-order valence-electron chi connectivity index (χ3n) is 3.28. The molecular formula is C16H29NS2. The molecule has 19 heavy (non-hydrogen) atoms. The van der Waals surface area contributed by atoms with Crippen molar-refractivity contribution in [1.29, 1.82) is 0 Å². The van der Waals surface area contributed by atoms with E-state index in [0.29, 0.717) is 4.75 Å². The van der Waals surface area contributed by atoms with Gasteiger partial charge in [0.2, 0.25) is 0 Å². The lowest BCUT2D eigenvalue weighted by Gasteiger charge is -2.24. The molecule has 1 aromatic heterocycles. The first-order valence-electron chi connectivity index (χ1n) is 7.51. The van der Waals surface area contributed by atoms with Crippen molar-refractivity contribution < 1.29 is 0 Å².